The van der Waals surface area contributed by atoms with E-state index >= 15 is 0 Å². The molecule has 1 aromatic rings. The van der Waals surface area contributed by atoms with Crippen molar-refractivity contribution >= 4 is 0 Å². The Morgan fingerprint density at radius 2 is 2.06 bits per heavy atom. The van der Waals surface area contributed by atoms with Gasteiger partial charge in [0.25, 0.3) is 0 Å². The molecule has 1 aromatic carbocycles. The Kier molecular flexibility index (Phi) is 4.28. The van der Waals surface area contributed by atoms with Crippen molar-refractivity contribution in [3.05, 3.63) is 29.8 Å². The lowest BCUT2D eigenvalue weighted by atomic mass is 9.73. The number of rotatable bonds is 4. The average molecular weight is 247 g/mol. The van der Waals surface area contributed by atoms with Crippen LogP contribution in [0.4, 0.5) is 0 Å². The maximum Gasteiger partial charge on any atom is 0.115 e. The van der Waals surface area contributed by atoms with Crippen molar-refractivity contribution < 1.29 is 5.11 Å². The molecule has 0 aromatic heterocycles. The number of phenolic OH excluding ortho intramolecular Hbond substituents is 1. The van der Waals surface area contributed by atoms with E-state index in [0.717, 1.165) is 30.7 Å². The normalized spacial score (nSPS) is 28.2. The lowest BCUT2D eigenvalue weighted by Gasteiger charge is -2.37. The number of hydrogen-bond acceptors (Lipinski definition) is 2. The summed E-state index contributed by atoms with van der Waals surface area (Å²) in [6.45, 7) is 2.26. The van der Waals surface area contributed by atoms with Gasteiger partial charge in [0.15, 0.2) is 0 Å². The highest BCUT2D eigenvalue weighted by Crippen LogP contribution is 2.35. The van der Waals surface area contributed by atoms with Crippen molar-refractivity contribution in [1.29, 1.82) is 0 Å². The highest BCUT2D eigenvalue weighted by molar-refractivity contribution is 5.28. The fraction of sp³-hybridized carbons (Fsp3) is 0.625. The second kappa shape index (κ2) is 5.75. The van der Waals surface area contributed by atoms with Crippen LogP contribution in [0.25, 0.3) is 0 Å². The van der Waals surface area contributed by atoms with Crippen LogP contribution in [0.15, 0.2) is 24.3 Å². The third-order valence-electron chi connectivity index (χ3n) is 4.26. The minimum atomic E-state index is -0.0575. The van der Waals surface area contributed by atoms with Crippen LogP contribution < -0.4 is 5.73 Å². The van der Waals surface area contributed by atoms with Crippen molar-refractivity contribution in [2.45, 2.75) is 57.4 Å². The minimum absolute atomic E-state index is 0.0575. The van der Waals surface area contributed by atoms with Gasteiger partial charge in [-0.25, -0.2) is 0 Å². The monoisotopic (exact) mass is 247 g/mol. The van der Waals surface area contributed by atoms with E-state index in [1.165, 1.54) is 25.7 Å². The molecule has 0 spiro atoms. The lowest BCUT2D eigenvalue weighted by molar-refractivity contribution is 0.223. The number of nitrogens with two attached hydrogens (primary N) is 1. The molecule has 0 heterocycles. The summed E-state index contributed by atoms with van der Waals surface area (Å²) in [4.78, 5) is 0. The van der Waals surface area contributed by atoms with Gasteiger partial charge in [0.2, 0.25) is 0 Å². The number of aromatic hydroxyl groups is 1. The molecule has 0 bridgehead atoms. The molecule has 0 aliphatic heterocycles. The smallest absolute Gasteiger partial charge is 0.115 e. The average Bonchev–Trinajstić information content (AvgIpc) is 2.32. The first kappa shape index (κ1) is 13.4. The van der Waals surface area contributed by atoms with Crippen molar-refractivity contribution in [3.63, 3.8) is 0 Å². The van der Waals surface area contributed by atoms with E-state index in [-0.39, 0.29) is 5.54 Å². The Labute approximate surface area is 110 Å². The van der Waals surface area contributed by atoms with Gasteiger partial charge in [-0.3, -0.25) is 0 Å². The van der Waals surface area contributed by atoms with Crippen LogP contribution in [0.3, 0.4) is 0 Å². The second-order valence-corrected chi connectivity index (χ2v) is 5.94. The fourth-order valence-electron chi connectivity index (χ4n) is 3.20. The molecule has 0 saturated heterocycles. The number of benzene rings is 1. The molecule has 3 N–H and O–H groups in total. The first-order chi connectivity index (χ1) is 8.61. The van der Waals surface area contributed by atoms with Crippen molar-refractivity contribution in [3.8, 4) is 5.75 Å². The summed E-state index contributed by atoms with van der Waals surface area (Å²) in [5.41, 5.74) is 7.62. The fourth-order valence-corrected chi connectivity index (χ4v) is 3.20. The molecule has 0 radical (unpaired) electrons. The van der Waals surface area contributed by atoms with E-state index in [4.69, 9.17) is 5.73 Å². The molecule has 2 rings (SSSR count). The van der Waals surface area contributed by atoms with Gasteiger partial charge in [-0.2, -0.15) is 0 Å². The molecule has 0 atom stereocenters. The zero-order chi connectivity index (χ0) is 13.0. The van der Waals surface area contributed by atoms with Gasteiger partial charge in [-0.1, -0.05) is 31.9 Å². The Morgan fingerprint density at radius 1 is 1.33 bits per heavy atom. The van der Waals surface area contributed by atoms with E-state index in [1.807, 2.05) is 12.1 Å². The van der Waals surface area contributed by atoms with Crippen LogP contribution in [0.1, 0.15) is 51.0 Å². The quantitative estimate of drug-likeness (QED) is 0.853. The summed E-state index contributed by atoms with van der Waals surface area (Å²) >= 11 is 0. The lowest BCUT2D eigenvalue weighted by Crippen LogP contribution is -2.45. The van der Waals surface area contributed by atoms with E-state index < -0.39 is 0 Å². The second-order valence-electron chi connectivity index (χ2n) is 5.94. The molecule has 18 heavy (non-hydrogen) atoms. The summed E-state index contributed by atoms with van der Waals surface area (Å²) < 4.78 is 0. The predicted molar refractivity (Wildman–Crippen MR) is 75.6 cm³/mol. The molecular formula is C16H25NO. The Morgan fingerprint density at radius 3 is 2.67 bits per heavy atom. The van der Waals surface area contributed by atoms with Crippen LogP contribution >= 0.6 is 0 Å². The summed E-state index contributed by atoms with van der Waals surface area (Å²) in [6.07, 6.45) is 8.30. The van der Waals surface area contributed by atoms with Gasteiger partial charge in [-0.15, -0.1) is 0 Å². The molecule has 0 unspecified atom stereocenters. The molecule has 1 aliphatic carbocycles. The minimum Gasteiger partial charge on any atom is -0.508 e. The molecule has 1 fully saturated rings. The molecular weight excluding hydrogens is 222 g/mol. The predicted octanol–water partition coefficient (Wildman–Crippen LogP) is 3.62. The Hall–Kier alpha value is -1.02. The molecule has 0 amide bonds. The van der Waals surface area contributed by atoms with Gasteiger partial charge in [0.1, 0.15) is 5.75 Å². The van der Waals surface area contributed by atoms with Crippen molar-refractivity contribution in [2.75, 3.05) is 0 Å². The van der Waals surface area contributed by atoms with Crippen molar-refractivity contribution in [1.82, 2.24) is 0 Å². The molecule has 1 aliphatic rings. The van der Waals surface area contributed by atoms with Crippen molar-refractivity contribution in [2.24, 2.45) is 11.7 Å². The molecule has 100 valence electrons. The Balaban J connectivity index is 1.93. The third kappa shape index (κ3) is 3.49. The number of phenols is 1. The van der Waals surface area contributed by atoms with Gasteiger partial charge >= 0.3 is 0 Å². The maximum absolute atomic E-state index is 9.50. The maximum atomic E-state index is 9.50. The highest BCUT2D eigenvalue weighted by Gasteiger charge is 2.31. The summed E-state index contributed by atoms with van der Waals surface area (Å²) in [5.74, 6) is 1.23. The standard InChI is InChI=1S/C16H25NO/c1-2-4-13-7-9-16(17,10-8-13)12-14-5-3-6-15(18)11-14/h3,5-6,11,13,18H,2,4,7-10,12,17H2,1H3. The van der Waals surface area contributed by atoms with Crippen LogP contribution in [0.2, 0.25) is 0 Å². The van der Waals surface area contributed by atoms with E-state index in [2.05, 4.69) is 13.0 Å². The zero-order valence-electron chi connectivity index (χ0n) is 11.4. The zero-order valence-corrected chi connectivity index (χ0v) is 11.4. The topological polar surface area (TPSA) is 46.2 Å². The van der Waals surface area contributed by atoms with Gasteiger partial charge < -0.3 is 10.8 Å². The highest BCUT2D eigenvalue weighted by atomic mass is 16.3. The molecule has 1 saturated carbocycles. The van der Waals surface area contributed by atoms with Crippen LogP contribution in [0, 0.1) is 5.92 Å². The summed E-state index contributed by atoms with van der Waals surface area (Å²) in [6, 6.07) is 7.51. The van der Waals surface area contributed by atoms with Crippen LogP contribution in [-0.4, -0.2) is 10.6 Å². The van der Waals surface area contributed by atoms with E-state index in [0.29, 0.717) is 5.75 Å². The van der Waals surface area contributed by atoms with Gasteiger partial charge in [0, 0.05) is 5.54 Å². The number of hydrogen-bond donors (Lipinski definition) is 2. The SMILES string of the molecule is CCCC1CCC(N)(Cc2cccc(O)c2)CC1. The Bertz CT molecular complexity index is 380. The van der Waals surface area contributed by atoms with Gasteiger partial charge in [-0.05, 0) is 55.7 Å². The van der Waals surface area contributed by atoms with Gasteiger partial charge in [0.05, 0.1) is 0 Å². The van der Waals surface area contributed by atoms with Crippen LogP contribution in [0.5, 0.6) is 5.75 Å². The van der Waals surface area contributed by atoms with E-state index in [9.17, 15) is 5.11 Å². The van der Waals surface area contributed by atoms with Crippen LogP contribution in [-0.2, 0) is 6.42 Å². The largest absolute Gasteiger partial charge is 0.508 e. The first-order valence-corrected chi connectivity index (χ1v) is 7.18. The molecule has 2 nitrogen and oxygen atoms in total. The first-order valence-electron chi connectivity index (χ1n) is 7.18. The molecule has 2 heteroatoms. The summed E-state index contributed by atoms with van der Waals surface area (Å²) in [7, 11) is 0. The third-order valence-corrected chi connectivity index (χ3v) is 4.26. The summed E-state index contributed by atoms with van der Waals surface area (Å²) in [5, 5.41) is 9.50. The van der Waals surface area contributed by atoms with E-state index in [1.54, 1.807) is 6.07 Å².